The number of hydrogen-bond donors (Lipinski definition) is 0. The fourth-order valence-corrected chi connectivity index (χ4v) is 3.29. The molecule has 0 saturated carbocycles. The van der Waals surface area contributed by atoms with Crippen LogP contribution in [0, 0.1) is 0 Å². The lowest BCUT2D eigenvalue weighted by atomic mass is 10.4. The average Bonchev–Trinajstić information content (AvgIpc) is 2.78. The fourth-order valence-electron chi connectivity index (χ4n) is 1.65. The first-order valence-electron chi connectivity index (χ1n) is 5.34. The van der Waals surface area contributed by atoms with Crippen molar-refractivity contribution in [2.24, 2.45) is 0 Å². The van der Waals surface area contributed by atoms with Gasteiger partial charge < -0.3 is 4.74 Å². The summed E-state index contributed by atoms with van der Waals surface area (Å²) in [6.07, 6.45) is 1.77. The number of nitrogens with zero attached hydrogens (tertiary/aromatic N) is 2. The number of hydrogen-bond acceptors (Lipinski definition) is 4. The molecule has 1 heterocycles. The molecule has 1 aliphatic rings. The Bertz CT molecular complexity index is 335. The lowest BCUT2D eigenvalue weighted by Gasteiger charge is -2.24. The Hall–Kier alpha value is -0.660. The van der Waals surface area contributed by atoms with E-state index in [0.717, 1.165) is 17.1 Å². The summed E-state index contributed by atoms with van der Waals surface area (Å²) in [5.74, 6) is -0.537. The van der Waals surface area contributed by atoms with Crippen molar-refractivity contribution >= 4 is 16.2 Å². The third kappa shape index (κ3) is 2.93. The van der Waals surface area contributed by atoms with Gasteiger partial charge in [0.2, 0.25) is 0 Å². The molecule has 16 heavy (non-hydrogen) atoms. The van der Waals surface area contributed by atoms with E-state index in [4.69, 9.17) is 0 Å². The zero-order valence-electron chi connectivity index (χ0n) is 9.68. The van der Waals surface area contributed by atoms with Gasteiger partial charge in [-0.25, -0.2) is 0 Å². The van der Waals surface area contributed by atoms with Crippen LogP contribution in [-0.2, 0) is 19.7 Å². The zero-order chi connectivity index (χ0) is 12.2. The number of likely N-dealkylation sites (N-methyl/N-ethyl adjacent to an activating group) is 1. The largest absolute Gasteiger partial charge is 0.468 e. The summed E-state index contributed by atoms with van der Waals surface area (Å²) in [5.41, 5.74) is 0. The summed E-state index contributed by atoms with van der Waals surface area (Å²) in [5, 5.41) is 0. The molecule has 0 aromatic rings. The zero-order valence-corrected chi connectivity index (χ0v) is 10.5. The first-order valence-corrected chi connectivity index (χ1v) is 6.74. The van der Waals surface area contributed by atoms with Gasteiger partial charge in [0.15, 0.2) is 0 Å². The van der Waals surface area contributed by atoms with Crippen molar-refractivity contribution in [2.45, 2.75) is 19.8 Å². The Kier molecular flexibility index (Phi) is 4.69. The van der Waals surface area contributed by atoms with Gasteiger partial charge in [0.1, 0.15) is 6.54 Å². The highest BCUT2D eigenvalue weighted by molar-refractivity contribution is 7.86. The van der Waals surface area contributed by atoms with E-state index >= 15 is 0 Å². The molecule has 1 saturated heterocycles. The molecule has 7 heteroatoms. The Morgan fingerprint density at radius 1 is 1.38 bits per heavy atom. The molecular formula is C9H18N2O4S. The van der Waals surface area contributed by atoms with Gasteiger partial charge in [-0.15, -0.1) is 0 Å². The van der Waals surface area contributed by atoms with Crippen LogP contribution in [0.5, 0.6) is 0 Å². The van der Waals surface area contributed by atoms with E-state index in [1.54, 1.807) is 6.92 Å². The van der Waals surface area contributed by atoms with E-state index in [1.807, 2.05) is 0 Å². The number of ether oxygens (including phenoxy) is 1. The minimum atomic E-state index is -3.49. The lowest BCUT2D eigenvalue weighted by Crippen LogP contribution is -2.44. The van der Waals surface area contributed by atoms with Crippen LogP contribution in [0.1, 0.15) is 19.8 Å². The Morgan fingerprint density at radius 3 is 2.38 bits per heavy atom. The van der Waals surface area contributed by atoms with Gasteiger partial charge in [0.05, 0.1) is 7.11 Å². The molecule has 0 spiro atoms. The van der Waals surface area contributed by atoms with Crippen molar-refractivity contribution < 1.29 is 17.9 Å². The van der Waals surface area contributed by atoms with E-state index in [9.17, 15) is 13.2 Å². The third-order valence-corrected chi connectivity index (χ3v) is 4.66. The van der Waals surface area contributed by atoms with Crippen molar-refractivity contribution in [3.63, 3.8) is 0 Å². The molecule has 1 fully saturated rings. The summed E-state index contributed by atoms with van der Waals surface area (Å²) in [6.45, 7) is 2.84. The van der Waals surface area contributed by atoms with E-state index < -0.39 is 16.2 Å². The molecule has 1 aliphatic heterocycles. The topological polar surface area (TPSA) is 66.9 Å². The molecule has 94 valence electrons. The van der Waals surface area contributed by atoms with Crippen molar-refractivity contribution in [1.82, 2.24) is 8.61 Å². The summed E-state index contributed by atoms with van der Waals surface area (Å²) in [4.78, 5) is 11.1. The predicted octanol–water partition coefficient (Wildman–Crippen LogP) is -0.178. The van der Waals surface area contributed by atoms with Crippen LogP contribution in [0.4, 0.5) is 0 Å². The lowest BCUT2D eigenvalue weighted by molar-refractivity contribution is -0.140. The normalized spacial score (nSPS) is 17.9. The van der Waals surface area contributed by atoms with Gasteiger partial charge in [-0.05, 0) is 12.8 Å². The molecular weight excluding hydrogens is 232 g/mol. The van der Waals surface area contributed by atoms with E-state index in [-0.39, 0.29) is 13.1 Å². The molecule has 0 radical (unpaired) electrons. The fraction of sp³-hybridized carbons (Fsp3) is 0.889. The molecule has 0 N–H and O–H groups in total. The molecule has 0 aromatic heterocycles. The Labute approximate surface area is 96.3 Å². The molecule has 0 unspecified atom stereocenters. The second kappa shape index (κ2) is 5.60. The van der Waals surface area contributed by atoms with Crippen molar-refractivity contribution in [1.29, 1.82) is 0 Å². The van der Waals surface area contributed by atoms with Crippen LogP contribution in [0.2, 0.25) is 0 Å². The summed E-state index contributed by atoms with van der Waals surface area (Å²) in [6, 6.07) is 0. The number of methoxy groups -OCH3 is 1. The van der Waals surface area contributed by atoms with Gasteiger partial charge in [-0.2, -0.15) is 17.0 Å². The number of carbonyl (C=O) groups is 1. The van der Waals surface area contributed by atoms with E-state index in [1.165, 1.54) is 11.4 Å². The standard InChI is InChI=1S/C9H18N2O4S/c1-3-10(8-9(12)15-2)16(13,14)11-6-4-5-7-11/h3-8H2,1-2H3. The smallest absolute Gasteiger partial charge is 0.321 e. The molecule has 0 aromatic carbocycles. The van der Waals surface area contributed by atoms with Crippen LogP contribution in [0.15, 0.2) is 0 Å². The van der Waals surface area contributed by atoms with Crippen molar-refractivity contribution in [3.8, 4) is 0 Å². The second-order valence-electron chi connectivity index (χ2n) is 3.62. The Balaban J connectivity index is 2.73. The van der Waals surface area contributed by atoms with Crippen LogP contribution in [-0.4, -0.2) is 56.3 Å². The summed E-state index contributed by atoms with van der Waals surface area (Å²) < 4.78 is 31.2. The van der Waals surface area contributed by atoms with Crippen LogP contribution in [0.3, 0.4) is 0 Å². The quantitative estimate of drug-likeness (QED) is 0.635. The minimum Gasteiger partial charge on any atom is -0.468 e. The number of esters is 1. The second-order valence-corrected chi connectivity index (χ2v) is 5.54. The van der Waals surface area contributed by atoms with Gasteiger partial charge >= 0.3 is 5.97 Å². The Morgan fingerprint density at radius 2 is 1.94 bits per heavy atom. The van der Waals surface area contributed by atoms with Crippen LogP contribution < -0.4 is 0 Å². The molecule has 6 nitrogen and oxygen atoms in total. The molecule has 0 atom stereocenters. The van der Waals surface area contributed by atoms with Crippen LogP contribution in [0.25, 0.3) is 0 Å². The van der Waals surface area contributed by atoms with Gasteiger partial charge in [0, 0.05) is 19.6 Å². The monoisotopic (exact) mass is 250 g/mol. The van der Waals surface area contributed by atoms with Crippen LogP contribution >= 0.6 is 0 Å². The SMILES string of the molecule is CCN(CC(=O)OC)S(=O)(=O)N1CCCC1. The van der Waals surface area contributed by atoms with E-state index in [2.05, 4.69) is 4.74 Å². The highest BCUT2D eigenvalue weighted by atomic mass is 32.2. The maximum atomic E-state index is 12.1. The van der Waals surface area contributed by atoms with Crippen molar-refractivity contribution in [2.75, 3.05) is 33.3 Å². The molecule has 0 amide bonds. The molecule has 1 rings (SSSR count). The highest BCUT2D eigenvalue weighted by Crippen LogP contribution is 2.16. The highest BCUT2D eigenvalue weighted by Gasteiger charge is 2.31. The van der Waals surface area contributed by atoms with Gasteiger partial charge in [0.25, 0.3) is 10.2 Å². The number of rotatable bonds is 5. The number of carbonyl (C=O) groups excluding carboxylic acids is 1. The summed E-state index contributed by atoms with van der Waals surface area (Å²) >= 11 is 0. The third-order valence-electron chi connectivity index (χ3n) is 2.60. The first-order chi connectivity index (χ1) is 7.52. The average molecular weight is 250 g/mol. The maximum Gasteiger partial charge on any atom is 0.321 e. The predicted molar refractivity (Wildman–Crippen MR) is 59.0 cm³/mol. The molecule has 0 aliphatic carbocycles. The first kappa shape index (κ1) is 13.4. The molecule has 0 bridgehead atoms. The van der Waals surface area contributed by atoms with Crippen molar-refractivity contribution in [3.05, 3.63) is 0 Å². The maximum absolute atomic E-state index is 12.1. The van der Waals surface area contributed by atoms with E-state index in [0.29, 0.717) is 13.1 Å². The van der Waals surface area contributed by atoms with Gasteiger partial charge in [-0.1, -0.05) is 6.92 Å². The summed E-state index contributed by atoms with van der Waals surface area (Å²) in [7, 11) is -2.24. The minimum absolute atomic E-state index is 0.216. The van der Waals surface area contributed by atoms with Gasteiger partial charge in [-0.3, -0.25) is 4.79 Å².